The van der Waals surface area contributed by atoms with E-state index in [1.165, 1.54) is 18.2 Å². The highest BCUT2D eigenvalue weighted by molar-refractivity contribution is 5.95. The Morgan fingerprint density at radius 1 is 1.28 bits per heavy atom. The maximum atomic E-state index is 12.6. The zero-order valence-corrected chi connectivity index (χ0v) is 14.4. The molecule has 1 amide bonds. The first kappa shape index (κ1) is 17.0. The van der Waals surface area contributed by atoms with Gasteiger partial charge in [-0.1, -0.05) is 23.8 Å². The Morgan fingerprint density at radius 3 is 2.76 bits per heavy atom. The lowest BCUT2D eigenvalue weighted by molar-refractivity contribution is -0.384. The number of aryl methyl sites for hydroxylation is 1. The summed E-state index contributed by atoms with van der Waals surface area (Å²) in [7, 11) is 0. The lowest BCUT2D eigenvalue weighted by Gasteiger charge is -2.38. The molecule has 0 radical (unpaired) electrons. The molecule has 0 fully saturated rings. The summed E-state index contributed by atoms with van der Waals surface area (Å²) in [6, 6.07) is 11.4. The van der Waals surface area contributed by atoms with Crippen molar-refractivity contribution in [2.45, 2.75) is 38.8 Å². The lowest BCUT2D eigenvalue weighted by atomic mass is 9.88. The van der Waals surface area contributed by atoms with Crippen molar-refractivity contribution in [3.63, 3.8) is 0 Å². The molecule has 2 aromatic rings. The Morgan fingerprint density at radius 2 is 2.04 bits per heavy atom. The summed E-state index contributed by atoms with van der Waals surface area (Å²) in [6.07, 6.45) is 0.615. The molecular weight excluding hydrogens is 320 g/mol. The average molecular weight is 340 g/mol. The van der Waals surface area contributed by atoms with Crippen LogP contribution in [0.5, 0.6) is 5.75 Å². The first-order valence-electron chi connectivity index (χ1n) is 8.10. The highest BCUT2D eigenvalue weighted by atomic mass is 16.6. The molecule has 1 atom stereocenters. The average Bonchev–Trinajstić information content (AvgIpc) is 2.55. The second-order valence-electron chi connectivity index (χ2n) is 6.94. The van der Waals surface area contributed by atoms with E-state index in [9.17, 15) is 14.9 Å². The van der Waals surface area contributed by atoms with Gasteiger partial charge in [-0.15, -0.1) is 0 Å². The summed E-state index contributed by atoms with van der Waals surface area (Å²) < 4.78 is 6.00. The first-order chi connectivity index (χ1) is 11.7. The van der Waals surface area contributed by atoms with Crippen molar-refractivity contribution >= 4 is 11.6 Å². The topological polar surface area (TPSA) is 81.5 Å². The van der Waals surface area contributed by atoms with Gasteiger partial charge in [0.2, 0.25) is 0 Å². The quantitative estimate of drug-likeness (QED) is 0.678. The van der Waals surface area contributed by atoms with Gasteiger partial charge >= 0.3 is 0 Å². The Labute approximate surface area is 146 Å². The number of fused-ring (bicyclic) bond motifs is 1. The van der Waals surface area contributed by atoms with Gasteiger partial charge in [-0.25, -0.2) is 0 Å². The van der Waals surface area contributed by atoms with E-state index in [1.54, 1.807) is 6.07 Å². The summed E-state index contributed by atoms with van der Waals surface area (Å²) in [6.45, 7) is 5.93. The number of carbonyl (C=O) groups is 1. The third-order valence-corrected chi connectivity index (χ3v) is 4.25. The van der Waals surface area contributed by atoms with E-state index >= 15 is 0 Å². The second kappa shape index (κ2) is 6.20. The number of ether oxygens (including phenoxy) is 1. The summed E-state index contributed by atoms with van der Waals surface area (Å²) in [5, 5.41) is 13.9. The minimum Gasteiger partial charge on any atom is -0.487 e. The number of rotatable bonds is 3. The zero-order valence-electron chi connectivity index (χ0n) is 14.4. The van der Waals surface area contributed by atoms with Crippen molar-refractivity contribution in [1.82, 2.24) is 5.32 Å². The largest absolute Gasteiger partial charge is 0.487 e. The van der Waals surface area contributed by atoms with Crippen LogP contribution in [0.2, 0.25) is 0 Å². The predicted octanol–water partition coefficient (Wildman–Crippen LogP) is 3.94. The van der Waals surface area contributed by atoms with Crippen LogP contribution in [-0.2, 0) is 0 Å². The number of hydrogen-bond donors (Lipinski definition) is 1. The van der Waals surface area contributed by atoms with Crippen LogP contribution in [0.3, 0.4) is 0 Å². The highest BCUT2D eigenvalue weighted by Crippen LogP contribution is 2.40. The third-order valence-electron chi connectivity index (χ3n) is 4.25. The first-order valence-corrected chi connectivity index (χ1v) is 8.10. The molecule has 0 aromatic heterocycles. The number of nitrogens with one attached hydrogen (secondary N) is 1. The summed E-state index contributed by atoms with van der Waals surface area (Å²) >= 11 is 0. The van der Waals surface area contributed by atoms with E-state index in [0.29, 0.717) is 6.42 Å². The van der Waals surface area contributed by atoms with Gasteiger partial charge in [0.05, 0.1) is 11.0 Å². The number of carbonyl (C=O) groups excluding carboxylic acids is 1. The van der Waals surface area contributed by atoms with Gasteiger partial charge in [-0.05, 0) is 32.9 Å². The predicted molar refractivity (Wildman–Crippen MR) is 93.8 cm³/mol. The molecule has 0 saturated carbocycles. The fourth-order valence-electron chi connectivity index (χ4n) is 3.11. The molecular formula is C19H20N2O4. The molecule has 1 heterocycles. The Bertz CT molecular complexity index is 845. The maximum Gasteiger partial charge on any atom is 0.270 e. The zero-order chi connectivity index (χ0) is 18.2. The molecule has 3 rings (SSSR count). The fourth-order valence-corrected chi connectivity index (χ4v) is 3.11. The van der Waals surface area contributed by atoms with Crippen LogP contribution in [0.25, 0.3) is 0 Å². The normalized spacial score (nSPS) is 18.0. The fraction of sp³-hybridized carbons (Fsp3) is 0.316. The number of non-ortho nitro benzene ring substituents is 1. The van der Waals surface area contributed by atoms with Crippen LogP contribution in [0.4, 0.5) is 5.69 Å². The van der Waals surface area contributed by atoms with Crippen LogP contribution >= 0.6 is 0 Å². The number of nitro groups is 1. The van der Waals surface area contributed by atoms with Gasteiger partial charge in [0, 0.05) is 29.7 Å². The van der Waals surface area contributed by atoms with Gasteiger partial charge in [-0.3, -0.25) is 14.9 Å². The minimum atomic E-state index is -0.507. The van der Waals surface area contributed by atoms with Gasteiger partial charge in [-0.2, -0.15) is 0 Å². The molecule has 1 aliphatic rings. The molecule has 0 bridgehead atoms. The molecule has 130 valence electrons. The molecule has 6 nitrogen and oxygen atoms in total. The van der Waals surface area contributed by atoms with Gasteiger partial charge in [0.1, 0.15) is 11.4 Å². The molecule has 0 saturated heterocycles. The Balaban J connectivity index is 1.89. The van der Waals surface area contributed by atoms with Crippen molar-refractivity contribution in [1.29, 1.82) is 0 Å². The van der Waals surface area contributed by atoms with E-state index < -0.39 is 10.5 Å². The third kappa shape index (κ3) is 3.63. The van der Waals surface area contributed by atoms with Crippen LogP contribution in [-0.4, -0.2) is 16.4 Å². The number of benzene rings is 2. The van der Waals surface area contributed by atoms with Crippen LogP contribution in [0.1, 0.15) is 47.8 Å². The second-order valence-corrected chi connectivity index (χ2v) is 6.94. The summed E-state index contributed by atoms with van der Waals surface area (Å²) in [4.78, 5) is 23.0. The van der Waals surface area contributed by atoms with Crippen molar-refractivity contribution in [3.8, 4) is 5.75 Å². The van der Waals surface area contributed by atoms with E-state index in [2.05, 4.69) is 5.32 Å². The SMILES string of the molecule is Cc1ccc2c(c1)[C@@H](NC(=O)c1cccc([N+](=O)[O-])c1)CC(C)(C)O2. The summed E-state index contributed by atoms with van der Waals surface area (Å²) in [5.74, 6) is 0.421. The molecule has 0 aliphatic carbocycles. The number of hydrogen-bond acceptors (Lipinski definition) is 4. The van der Waals surface area contributed by atoms with Crippen LogP contribution in [0.15, 0.2) is 42.5 Å². The molecule has 1 N–H and O–H groups in total. The molecule has 6 heteroatoms. The van der Waals surface area contributed by atoms with E-state index in [1.807, 2.05) is 39.0 Å². The van der Waals surface area contributed by atoms with Crippen molar-refractivity contribution in [2.24, 2.45) is 0 Å². The monoisotopic (exact) mass is 340 g/mol. The standard InChI is InChI=1S/C19H20N2O4/c1-12-7-8-17-15(9-12)16(11-19(2,3)25-17)20-18(22)13-5-4-6-14(10-13)21(23)24/h4-10,16H,11H2,1-3H3,(H,20,22)/t16-/m0/s1. The Kier molecular flexibility index (Phi) is 4.20. The number of nitro benzene ring substituents is 1. The van der Waals surface area contributed by atoms with E-state index in [0.717, 1.165) is 16.9 Å². The summed E-state index contributed by atoms with van der Waals surface area (Å²) in [5.41, 5.74) is 1.77. The maximum absolute atomic E-state index is 12.6. The molecule has 1 aliphatic heterocycles. The van der Waals surface area contributed by atoms with Crippen molar-refractivity contribution in [2.75, 3.05) is 0 Å². The van der Waals surface area contributed by atoms with Gasteiger partial charge < -0.3 is 10.1 Å². The number of amides is 1. The van der Waals surface area contributed by atoms with Crippen molar-refractivity contribution < 1.29 is 14.5 Å². The van der Waals surface area contributed by atoms with Crippen molar-refractivity contribution in [3.05, 3.63) is 69.3 Å². The van der Waals surface area contributed by atoms with Crippen LogP contribution < -0.4 is 10.1 Å². The highest BCUT2D eigenvalue weighted by Gasteiger charge is 2.34. The molecule has 0 unspecified atom stereocenters. The van der Waals surface area contributed by atoms with Gasteiger partial charge in [0.15, 0.2) is 0 Å². The number of nitrogens with zero attached hydrogens (tertiary/aromatic N) is 1. The molecule has 0 spiro atoms. The molecule has 2 aromatic carbocycles. The van der Waals surface area contributed by atoms with Crippen LogP contribution in [0, 0.1) is 17.0 Å². The Hall–Kier alpha value is -2.89. The van der Waals surface area contributed by atoms with Gasteiger partial charge in [0.25, 0.3) is 11.6 Å². The molecule has 25 heavy (non-hydrogen) atoms. The smallest absolute Gasteiger partial charge is 0.270 e. The van der Waals surface area contributed by atoms with E-state index in [-0.39, 0.29) is 23.2 Å². The van der Waals surface area contributed by atoms with E-state index in [4.69, 9.17) is 4.74 Å². The minimum absolute atomic E-state index is 0.101. The lowest BCUT2D eigenvalue weighted by Crippen LogP contribution is -2.41.